The number of nitrogens with zero attached hydrogens (tertiary/aromatic N) is 1. The van der Waals surface area contributed by atoms with Crippen molar-refractivity contribution in [2.45, 2.75) is 25.3 Å². The molecule has 1 aliphatic rings. The maximum atomic E-state index is 13.9. The molecule has 0 fully saturated rings. The van der Waals surface area contributed by atoms with Gasteiger partial charge in [-0.15, -0.1) is 0 Å². The van der Waals surface area contributed by atoms with E-state index in [0.717, 1.165) is 17.5 Å². The molecule has 1 heterocycles. The predicted molar refractivity (Wildman–Crippen MR) is 148 cm³/mol. The van der Waals surface area contributed by atoms with E-state index in [0.29, 0.717) is 34.3 Å². The van der Waals surface area contributed by atoms with Crippen molar-refractivity contribution in [1.82, 2.24) is 0 Å². The maximum absolute atomic E-state index is 13.9. The molecule has 4 rings (SSSR count). The number of aliphatic imine (C=N–C) groups is 1. The number of ether oxygens (including phenoxy) is 3. The highest BCUT2D eigenvalue weighted by atomic mass is 35.5. The van der Waals surface area contributed by atoms with E-state index >= 15 is 0 Å². The molecule has 1 aliphatic heterocycles. The molecule has 0 aliphatic carbocycles. The molecule has 0 saturated carbocycles. The van der Waals surface area contributed by atoms with Gasteiger partial charge in [0.1, 0.15) is 28.4 Å². The number of carboxylic acids is 1. The van der Waals surface area contributed by atoms with Gasteiger partial charge in [0.05, 0.1) is 25.8 Å². The highest BCUT2D eigenvalue weighted by molar-refractivity contribution is 6.34. The number of rotatable bonds is 11. The molecule has 0 bridgehead atoms. The summed E-state index contributed by atoms with van der Waals surface area (Å²) in [6.07, 6.45) is 6.17. The Morgan fingerprint density at radius 3 is 2.26 bits per heavy atom. The van der Waals surface area contributed by atoms with Gasteiger partial charge in [-0.2, -0.15) is 0 Å². The number of ketones is 1. The van der Waals surface area contributed by atoms with Crippen molar-refractivity contribution < 1.29 is 28.9 Å². The summed E-state index contributed by atoms with van der Waals surface area (Å²) < 4.78 is 16.4. The first kappa shape index (κ1) is 26.9. The standard InChI is InChI=1S/C30H28ClNO6/c1-4-14-38-22-8-9-23(25(31)17-22)28(33)30(12-5-13-32-30)18-21-15-19(6-10-26(21)36-2)20-7-11-27(37-3)24(16-20)29(34)35/h5-13,15-17H,4,14,18H2,1-3H3,(H,34,35). The molecular weight excluding hydrogens is 506 g/mol. The van der Waals surface area contributed by atoms with Crippen molar-refractivity contribution in [3.8, 4) is 28.4 Å². The summed E-state index contributed by atoms with van der Waals surface area (Å²) in [7, 11) is 2.99. The van der Waals surface area contributed by atoms with Crippen LogP contribution in [0.15, 0.2) is 71.7 Å². The summed E-state index contributed by atoms with van der Waals surface area (Å²) in [6, 6.07) is 15.5. The zero-order valence-corrected chi connectivity index (χ0v) is 22.1. The van der Waals surface area contributed by atoms with Crippen LogP contribution < -0.4 is 14.2 Å². The van der Waals surface area contributed by atoms with Crippen LogP contribution in [-0.2, 0) is 6.42 Å². The van der Waals surface area contributed by atoms with Crippen LogP contribution in [0.5, 0.6) is 17.2 Å². The Labute approximate surface area is 226 Å². The second-order valence-corrected chi connectivity index (χ2v) is 9.21. The molecule has 0 radical (unpaired) electrons. The first-order valence-corrected chi connectivity index (χ1v) is 12.5. The van der Waals surface area contributed by atoms with E-state index in [1.54, 1.807) is 67.9 Å². The zero-order chi connectivity index (χ0) is 27.3. The van der Waals surface area contributed by atoms with E-state index in [2.05, 4.69) is 4.99 Å². The minimum atomic E-state index is -1.21. The molecule has 7 nitrogen and oxygen atoms in total. The van der Waals surface area contributed by atoms with Gasteiger partial charge in [-0.25, -0.2) is 4.79 Å². The van der Waals surface area contributed by atoms with Crippen molar-refractivity contribution in [1.29, 1.82) is 0 Å². The monoisotopic (exact) mass is 533 g/mol. The van der Waals surface area contributed by atoms with Crippen LogP contribution in [0.1, 0.15) is 39.6 Å². The summed E-state index contributed by atoms with van der Waals surface area (Å²) >= 11 is 6.52. The minimum Gasteiger partial charge on any atom is -0.496 e. The van der Waals surface area contributed by atoms with Gasteiger partial charge in [-0.05, 0) is 77.7 Å². The lowest BCUT2D eigenvalue weighted by Gasteiger charge is -2.25. The lowest BCUT2D eigenvalue weighted by atomic mass is 9.83. The smallest absolute Gasteiger partial charge is 0.339 e. The number of allylic oxidation sites excluding steroid dienone is 1. The highest BCUT2D eigenvalue weighted by Gasteiger charge is 2.39. The number of carbonyl (C=O) groups excluding carboxylic acids is 1. The van der Waals surface area contributed by atoms with Crippen LogP contribution in [0.4, 0.5) is 0 Å². The molecular formula is C30H28ClNO6. The van der Waals surface area contributed by atoms with Gasteiger partial charge in [0.2, 0.25) is 0 Å². The van der Waals surface area contributed by atoms with Gasteiger partial charge >= 0.3 is 5.97 Å². The molecule has 0 amide bonds. The summed E-state index contributed by atoms with van der Waals surface area (Å²) in [5.41, 5.74) is 1.36. The lowest BCUT2D eigenvalue weighted by Crippen LogP contribution is -2.36. The molecule has 3 aromatic rings. The van der Waals surface area contributed by atoms with Crippen molar-refractivity contribution in [2.75, 3.05) is 20.8 Å². The normalized spacial score (nSPS) is 15.9. The van der Waals surface area contributed by atoms with Crippen molar-refractivity contribution in [3.05, 3.63) is 88.5 Å². The van der Waals surface area contributed by atoms with Gasteiger partial charge in [-0.3, -0.25) is 9.79 Å². The maximum Gasteiger partial charge on any atom is 0.339 e. The molecule has 0 aromatic heterocycles. The fourth-order valence-electron chi connectivity index (χ4n) is 4.40. The number of Topliss-reactive ketones (excluding diaryl/α,β-unsaturated/α-hetero) is 1. The summed E-state index contributed by atoms with van der Waals surface area (Å²) in [4.78, 5) is 30.2. The fourth-order valence-corrected chi connectivity index (χ4v) is 4.66. The van der Waals surface area contributed by atoms with Crippen LogP contribution in [0, 0.1) is 0 Å². The molecule has 3 aromatic carbocycles. The minimum absolute atomic E-state index is 0.0540. The average Bonchev–Trinajstić information content (AvgIpc) is 3.40. The van der Waals surface area contributed by atoms with Crippen molar-refractivity contribution in [3.63, 3.8) is 0 Å². The highest BCUT2D eigenvalue weighted by Crippen LogP contribution is 2.36. The van der Waals surface area contributed by atoms with Gasteiger partial charge < -0.3 is 19.3 Å². The fraction of sp³-hybridized carbons (Fsp3) is 0.233. The second-order valence-electron chi connectivity index (χ2n) is 8.80. The third-order valence-electron chi connectivity index (χ3n) is 6.32. The van der Waals surface area contributed by atoms with E-state index in [4.69, 9.17) is 25.8 Å². The lowest BCUT2D eigenvalue weighted by molar-refractivity contribution is 0.0693. The third-order valence-corrected chi connectivity index (χ3v) is 6.63. The second kappa shape index (κ2) is 11.5. The van der Waals surface area contributed by atoms with E-state index in [1.165, 1.54) is 7.11 Å². The molecule has 1 N–H and O–H groups in total. The van der Waals surface area contributed by atoms with Gasteiger partial charge in [0, 0.05) is 18.2 Å². The number of benzene rings is 3. The molecule has 196 valence electrons. The molecule has 0 saturated heterocycles. The Hall–Kier alpha value is -4.10. The molecule has 38 heavy (non-hydrogen) atoms. The zero-order valence-electron chi connectivity index (χ0n) is 21.4. The number of hydrogen-bond donors (Lipinski definition) is 1. The predicted octanol–water partition coefficient (Wildman–Crippen LogP) is 6.32. The number of halogens is 1. The summed E-state index contributed by atoms with van der Waals surface area (Å²) in [5.74, 6) is 0.114. The SMILES string of the molecule is CCCOc1ccc(C(=O)C2(Cc3cc(-c4ccc(OC)c(C(=O)O)c4)ccc3OC)C=CC=N2)c(Cl)c1. The van der Waals surface area contributed by atoms with Crippen LogP contribution in [0.3, 0.4) is 0 Å². The average molecular weight is 534 g/mol. The number of aromatic carboxylic acids is 1. The first-order valence-electron chi connectivity index (χ1n) is 12.1. The molecule has 0 spiro atoms. The van der Waals surface area contributed by atoms with E-state index in [-0.39, 0.29) is 23.5 Å². The first-order chi connectivity index (χ1) is 18.3. The Kier molecular flexibility index (Phi) is 8.17. The van der Waals surface area contributed by atoms with Gasteiger partial charge in [0.15, 0.2) is 5.78 Å². The van der Waals surface area contributed by atoms with Gasteiger partial charge in [-0.1, -0.05) is 30.7 Å². The number of methoxy groups -OCH3 is 2. The number of hydrogen-bond acceptors (Lipinski definition) is 6. The van der Waals surface area contributed by atoms with Crippen molar-refractivity contribution in [2.24, 2.45) is 4.99 Å². The van der Waals surface area contributed by atoms with Crippen LogP contribution >= 0.6 is 11.6 Å². The Morgan fingerprint density at radius 2 is 1.66 bits per heavy atom. The summed E-state index contributed by atoms with van der Waals surface area (Å²) in [6.45, 7) is 2.57. The summed E-state index contributed by atoms with van der Waals surface area (Å²) in [5, 5.41) is 9.89. The Morgan fingerprint density at radius 1 is 0.947 bits per heavy atom. The van der Waals surface area contributed by atoms with E-state index < -0.39 is 11.5 Å². The largest absolute Gasteiger partial charge is 0.496 e. The van der Waals surface area contributed by atoms with Crippen LogP contribution in [0.2, 0.25) is 5.02 Å². The number of carboxylic acid groups (broad SMARTS) is 1. The van der Waals surface area contributed by atoms with Crippen molar-refractivity contribution >= 4 is 29.6 Å². The quantitative estimate of drug-likeness (QED) is 0.290. The molecule has 1 atom stereocenters. The van der Waals surface area contributed by atoms with Gasteiger partial charge in [0.25, 0.3) is 0 Å². The topological polar surface area (TPSA) is 94.4 Å². The Bertz CT molecular complexity index is 1420. The van der Waals surface area contributed by atoms with Crippen LogP contribution in [0.25, 0.3) is 11.1 Å². The molecule has 1 unspecified atom stereocenters. The third kappa shape index (κ3) is 5.43. The van der Waals surface area contributed by atoms with Crippen LogP contribution in [-0.4, -0.2) is 49.4 Å². The Balaban J connectivity index is 1.71. The number of carbonyl (C=O) groups is 2. The van der Waals surface area contributed by atoms with E-state index in [1.807, 2.05) is 19.1 Å². The molecule has 8 heteroatoms. The van der Waals surface area contributed by atoms with E-state index in [9.17, 15) is 14.7 Å².